The van der Waals surface area contributed by atoms with Crippen molar-refractivity contribution in [3.63, 3.8) is 0 Å². The number of nitrogens with one attached hydrogen (secondary N) is 2. The number of rotatable bonds is 7. The van der Waals surface area contributed by atoms with Crippen LogP contribution >= 0.6 is 0 Å². The number of carbonyl (C=O) groups is 2. The molecule has 25 heavy (non-hydrogen) atoms. The van der Waals surface area contributed by atoms with Crippen molar-refractivity contribution in [3.8, 4) is 0 Å². The summed E-state index contributed by atoms with van der Waals surface area (Å²) in [7, 11) is 0. The highest BCUT2D eigenvalue weighted by Crippen LogP contribution is 2.21. The third-order valence-corrected chi connectivity index (χ3v) is 4.90. The van der Waals surface area contributed by atoms with Gasteiger partial charge in [-0.25, -0.2) is 0 Å². The van der Waals surface area contributed by atoms with Gasteiger partial charge < -0.3 is 10.6 Å². The minimum absolute atomic E-state index is 0.131. The molecule has 0 aliphatic heterocycles. The topological polar surface area (TPSA) is 58.2 Å². The predicted octanol–water partition coefficient (Wildman–Crippen LogP) is 3.90. The standard InChI is InChI=1S/C21H30N2O2/c1-16(18-12-8-5-9-13-18)23-20(25)21(2,3)19(24)22-15-14-17-10-6-4-7-11-17/h5,8-10,12-13,16H,4,6-7,11,14-15H2,1-3H3,(H,22,24)(H,23,25). The molecule has 0 fully saturated rings. The van der Waals surface area contributed by atoms with Gasteiger partial charge in [-0.15, -0.1) is 0 Å². The van der Waals surface area contributed by atoms with Crippen molar-refractivity contribution in [2.24, 2.45) is 5.41 Å². The summed E-state index contributed by atoms with van der Waals surface area (Å²) >= 11 is 0. The van der Waals surface area contributed by atoms with Crippen molar-refractivity contribution in [2.75, 3.05) is 6.54 Å². The fourth-order valence-corrected chi connectivity index (χ4v) is 2.99. The van der Waals surface area contributed by atoms with Crippen LogP contribution in [0.1, 0.15) is 64.5 Å². The molecular weight excluding hydrogens is 312 g/mol. The molecule has 136 valence electrons. The van der Waals surface area contributed by atoms with Gasteiger partial charge in [-0.2, -0.15) is 0 Å². The lowest BCUT2D eigenvalue weighted by molar-refractivity contribution is -0.141. The second-order valence-corrected chi connectivity index (χ2v) is 7.34. The van der Waals surface area contributed by atoms with Crippen LogP contribution in [-0.2, 0) is 9.59 Å². The fourth-order valence-electron chi connectivity index (χ4n) is 2.99. The normalized spacial score (nSPS) is 15.9. The molecule has 0 heterocycles. The Bertz CT molecular complexity index is 620. The van der Waals surface area contributed by atoms with Gasteiger partial charge in [0, 0.05) is 6.54 Å². The van der Waals surface area contributed by atoms with Crippen LogP contribution in [-0.4, -0.2) is 18.4 Å². The zero-order valence-corrected chi connectivity index (χ0v) is 15.6. The van der Waals surface area contributed by atoms with E-state index in [1.54, 1.807) is 13.8 Å². The Morgan fingerprint density at radius 3 is 2.48 bits per heavy atom. The average molecular weight is 342 g/mol. The molecule has 0 bridgehead atoms. The molecule has 2 amide bonds. The first-order valence-electron chi connectivity index (χ1n) is 9.23. The van der Waals surface area contributed by atoms with E-state index < -0.39 is 5.41 Å². The number of hydrogen-bond acceptors (Lipinski definition) is 2. The number of amides is 2. The van der Waals surface area contributed by atoms with Gasteiger partial charge in [0.05, 0.1) is 6.04 Å². The smallest absolute Gasteiger partial charge is 0.235 e. The summed E-state index contributed by atoms with van der Waals surface area (Å²) in [6.45, 7) is 5.87. The summed E-state index contributed by atoms with van der Waals surface area (Å²) in [5.74, 6) is -0.472. The molecule has 2 N–H and O–H groups in total. The summed E-state index contributed by atoms with van der Waals surface area (Å²) in [5.41, 5.74) is 1.35. The Hall–Kier alpha value is -2.10. The van der Waals surface area contributed by atoms with Gasteiger partial charge in [0.1, 0.15) is 5.41 Å². The van der Waals surface area contributed by atoms with E-state index in [4.69, 9.17) is 0 Å². The van der Waals surface area contributed by atoms with E-state index in [0.29, 0.717) is 6.54 Å². The van der Waals surface area contributed by atoms with Crippen molar-refractivity contribution >= 4 is 11.8 Å². The summed E-state index contributed by atoms with van der Waals surface area (Å²) in [5, 5.41) is 5.87. The Morgan fingerprint density at radius 1 is 1.12 bits per heavy atom. The van der Waals surface area contributed by atoms with E-state index in [-0.39, 0.29) is 17.9 Å². The van der Waals surface area contributed by atoms with Crippen molar-refractivity contribution < 1.29 is 9.59 Å². The molecule has 1 aromatic carbocycles. The highest BCUT2D eigenvalue weighted by molar-refractivity contribution is 6.04. The van der Waals surface area contributed by atoms with Gasteiger partial charge in [-0.1, -0.05) is 42.0 Å². The molecule has 0 saturated heterocycles. The van der Waals surface area contributed by atoms with E-state index in [2.05, 4.69) is 16.7 Å². The SMILES string of the molecule is CC(NC(=O)C(C)(C)C(=O)NCCC1=CCCCC1)c1ccccc1. The third-order valence-electron chi connectivity index (χ3n) is 4.90. The highest BCUT2D eigenvalue weighted by atomic mass is 16.2. The van der Waals surface area contributed by atoms with Gasteiger partial charge in [0.2, 0.25) is 11.8 Å². The molecule has 0 aromatic heterocycles. The maximum absolute atomic E-state index is 12.6. The molecule has 0 saturated carbocycles. The summed E-state index contributed by atoms with van der Waals surface area (Å²) in [4.78, 5) is 25.0. The van der Waals surface area contributed by atoms with Crippen LogP contribution in [0, 0.1) is 5.41 Å². The summed E-state index contributed by atoms with van der Waals surface area (Å²) < 4.78 is 0. The number of carbonyl (C=O) groups excluding carboxylic acids is 2. The molecule has 2 rings (SSSR count). The maximum Gasteiger partial charge on any atom is 0.235 e. The largest absolute Gasteiger partial charge is 0.355 e. The van der Waals surface area contributed by atoms with Crippen molar-refractivity contribution in [1.82, 2.24) is 10.6 Å². The minimum atomic E-state index is -1.09. The Balaban J connectivity index is 1.84. The summed E-state index contributed by atoms with van der Waals surface area (Å²) in [6.07, 6.45) is 7.95. The molecule has 1 atom stereocenters. The molecule has 0 spiro atoms. The van der Waals surface area contributed by atoms with E-state index in [1.165, 1.54) is 18.4 Å². The van der Waals surface area contributed by atoms with Gasteiger partial charge in [-0.05, 0) is 58.4 Å². The van der Waals surface area contributed by atoms with Crippen LogP contribution in [0.25, 0.3) is 0 Å². The van der Waals surface area contributed by atoms with Crippen LogP contribution in [0.4, 0.5) is 0 Å². The maximum atomic E-state index is 12.6. The second kappa shape index (κ2) is 8.84. The van der Waals surface area contributed by atoms with E-state index in [9.17, 15) is 9.59 Å². The van der Waals surface area contributed by atoms with Gasteiger partial charge in [-0.3, -0.25) is 9.59 Å². The molecule has 1 aliphatic carbocycles. The Kier molecular flexibility index (Phi) is 6.80. The van der Waals surface area contributed by atoms with Gasteiger partial charge in [0.25, 0.3) is 0 Å². The average Bonchev–Trinajstić information content (AvgIpc) is 2.63. The van der Waals surface area contributed by atoms with Crippen LogP contribution < -0.4 is 10.6 Å². The van der Waals surface area contributed by atoms with Crippen molar-refractivity contribution in [1.29, 1.82) is 0 Å². The number of benzene rings is 1. The van der Waals surface area contributed by atoms with Crippen LogP contribution in [0.5, 0.6) is 0 Å². The molecule has 1 aliphatic rings. The number of allylic oxidation sites excluding steroid dienone is 1. The monoisotopic (exact) mass is 342 g/mol. The highest BCUT2D eigenvalue weighted by Gasteiger charge is 2.36. The zero-order chi connectivity index (χ0) is 18.3. The van der Waals surface area contributed by atoms with Crippen LogP contribution in [0.3, 0.4) is 0 Å². The van der Waals surface area contributed by atoms with Crippen molar-refractivity contribution in [3.05, 3.63) is 47.5 Å². The van der Waals surface area contributed by atoms with Gasteiger partial charge >= 0.3 is 0 Å². The molecule has 1 unspecified atom stereocenters. The van der Waals surface area contributed by atoms with Crippen molar-refractivity contribution in [2.45, 2.75) is 58.9 Å². The van der Waals surface area contributed by atoms with Crippen LogP contribution in [0.2, 0.25) is 0 Å². The van der Waals surface area contributed by atoms with Gasteiger partial charge in [0.15, 0.2) is 0 Å². The molecule has 4 nitrogen and oxygen atoms in total. The molecular formula is C21H30N2O2. The van der Waals surface area contributed by atoms with E-state index in [0.717, 1.165) is 24.8 Å². The molecule has 0 radical (unpaired) electrons. The Morgan fingerprint density at radius 2 is 1.84 bits per heavy atom. The first-order valence-corrected chi connectivity index (χ1v) is 9.23. The van der Waals surface area contributed by atoms with E-state index >= 15 is 0 Å². The predicted molar refractivity (Wildman–Crippen MR) is 101 cm³/mol. The van der Waals surface area contributed by atoms with Crippen LogP contribution in [0.15, 0.2) is 42.0 Å². The quantitative estimate of drug-likeness (QED) is 0.583. The lowest BCUT2D eigenvalue weighted by Gasteiger charge is -2.25. The minimum Gasteiger partial charge on any atom is -0.355 e. The summed E-state index contributed by atoms with van der Waals surface area (Å²) in [6, 6.07) is 9.63. The zero-order valence-electron chi connectivity index (χ0n) is 15.6. The fraction of sp³-hybridized carbons (Fsp3) is 0.524. The first-order chi connectivity index (χ1) is 11.9. The lowest BCUT2D eigenvalue weighted by atomic mass is 9.90. The lowest BCUT2D eigenvalue weighted by Crippen LogP contribution is -2.48. The molecule has 4 heteroatoms. The number of hydrogen-bond donors (Lipinski definition) is 2. The van der Waals surface area contributed by atoms with E-state index in [1.807, 2.05) is 37.3 Å². The first kappa shape index (κ1) is 19.2. The second-order valence-electron chi connectivity index (χ2n) is 7.34. The third kappa shape index (κ3) is 5.45. The molecule has 1 aromatic rings. The Labute approximate surface area is 151 Å².